The summed E-state index contributed by atoms with van der Waals surface area (Å²) in [7, 11) is 0. The van der Waals surface area contributed by atoms with Gasteiger partial charge in [0.25, 0.3) is 0 Å². The molecule has 4 heteroatoms. The van der Waals surface area contributed by atoms with Crippen molar-refractivity contribution in [2.45, 2.75) is 38.5 Å². The van der Waals surface area contributed by atoms with Crippen molar-refractivity contribution in [3.05, 3.63) is 71.8 Å². The van der Waals surface area contributed by atoms with Crippen LogP contribution in [0.5, 0.6) is 0 Å². The topological polar surface area (TPSA) is 40.6 Å². The fraction of sp³-hybridized carbons (Fsp3) is 0.417. The van der Waals surface area contributed by atoms with E-state index < -0.39 is 0 Å². The molecule has 1 aliphatic heterocycles. The van der Waals surface area contributed by atoms with E-state index in [2.05, 4.69) is 38.1 Å². The smallest absolute Gasteiger partial charge is 0.223 e. The molecular formula is C24H30N2O2. The zero-order valence-electron chi connectivity index (χ0n) is 16.9. The van der Waals surface area contributed by atoms with Crippen LogP contribution >= 0.6 is 0 Å². The lowest BCUT2D eigenvalue weighted by molar-refractivity contribution is -0.140. The van der Waals surface area contributed by atoms with Crippen LogP contribution in [-0.4, -0.2) is 47.8 Å². The van der Waals surface area contributed by atoms with Gasteiger partial charge in [-0.15, -0.1) is 0 Å². The highest BCUT2D eigenvalue weighted by Gasteiger charge is 2.29. The Hall–Kier alpha value is -2.62. The molecular weight excluding hydrogens is 348 g/mol. The Labute approximate surface area is 168 Å². The fourth-order valence-electron chi connectivity index (χ4n) is 3.74. The molecule has 4 nitrogen and oxygen atoms in total. The Morgan fingerprint density at radius 2 is 1.29 bits per heavy atom. The van der Waals surface area contributed by atoms with Gasteiger partial charge in [0, 0.05) is 39.0 Å². The van der Waals surface area contributed by atoms with Crippen LogP contribution in [0.4, 0.5) is 0 Å². The Balaban J connectivity index is 1.46. The lowest BCUT2D eigenvalue weighted by atomic mass is 9.81. The van der Waals surface area contributed by atoms with Gasteiger partial charge in [0.2, 0.25) is 11.8 Å². The van der Waals surface area contributed by atoms with Gasteiger partial charge in [-0.1, -0.05) is 74.5 Å². The molecule has 1 aliphatic rings. The number of piperazine rings is 1. The summed E-state index contributed by atoms with van der Waals surface area (Å²) >= 11 is 0. The highest BCUT2D eigenvalue weighted by molar-refractivity contribution is 5.79. The molecule has 0 spiro atoms. The number of aryl methyl sites for hydroxylation is 1. The number of amides is 2. The van der Waals surface area contributed by atoms with Crippen LogP contribution in [0.25, 0.3) is 0 Å². The van der Waals surface area contributed by atoms with E-state index in [1.54, 1.807) is 0 Å². The van der Waals surface area contributed by atoms with Crippen molar-refractivity contribution in [1.82, 2.24) is 9.80 Å². The van der Waals surface area contributed by atoms with Crippen molar-refractivity contribution in [1.29, 1.82) is 0 Å². The van der Waals surface area contributed by atoms with Crippen LogP contribution in [0.2, 0.25) is 0 Å². The molecule has 0 N–H and O–H groups in total. The molecule has 0 aromatic heterocycles. The zero-order valence-corrected chi connectivity index (χ0v) is 16.9. The summed E-state index contributed by atoms with van der Waals surface area (Å²) in [6, 6.07) is 20.3. The molecule has 0 radical (unpaired) electrons. The highest BCUT2D eigenvalue weighted by Crippen LogP contribution is 2.27. The van der Waals surface area contributed by atoms with Gasteiger partial charge in [-0.05, 0) is 23.0 Å². The van der Waals surface area contributed by atoms with Crippen LogP contribution in [0.15, 0.2) is 60.7 Å². The number of carbonyl (C=O) groups is 2. The van der Waals surface area contributed by atoms with Gasteiger partial charge in [-0.25, -0.2) is 0 Å². The highest BCUT2D eigenvalue weighted by atomic mass is 16.2. The molecule has 2 aromatic rings. The summed E-state index contributed by atoms with van der Waals surface area (Å²) < 4.78 is 0. The van der Waals surface area contributed by atoms with Gasteiger partial charge in [0.1, 0.15) is 0 Å². The SMILES string of the molecule is CC(C)(CC(=O)N1CCN(C(=O)CCc2ccccc2)CC1)c1ccccc1. The second-order valence-corrected chi connectivity index (χ2v) is 8.17. The molecule has 2 amide bonds. The van der Waals surface area contributed by atoms with Gasteiger partial charge in [0.15, 0.2) is 0 Å². The van der Waals surface area contributed by atoms with Crippen LogP contribution in [0, 0.1) is 0 Å². The Morgan fingerprint density at radius 3 is 1.86 bits per heavy atom. The van der Waals surface area contributed by atoms with Gasteiger partial charge < -0.3 is 9.80 Å². The summed E-state index contributed by atoms with van der Waals surface area (Å²) in [6.45, 7) is 6.74. The molecule has 0 aliphatic carbocycles. The minimum Gasteiger partial charge on any atom is -0.339 e. The Kier molecular flexibility index (Phi) is 6.50. The van der Waals surface area contributed by atoms with Crippen LogP contribution < -0.4 is 0 Å². The first-order valence-corrected chi connectivity index (χ1v) is 10.1. The van der Waals surface area contributed by atoms with Gasteiger partial charge >= 0.3 is 0 Å². The molecule has 0 unspecified atom stereocenters. The molecule has 0 saturated carbocycles. The van der Waals surface area contributed by atoms with Crippen LogP contribution in [-0.2, 0) is 21.4 Å². The molecule has 1 saturated heterocycles. The molecule has 0 atom stereocenters. The Morgan fingerprint density at radius 1 is 0.786 bits per heavy atom. The van der Waals surface area contributed by atoms with E-state index in [1.807, 2.05) is 46.2 Å². The number of rotatable bonds is 6. The van der Waals surface area contributed by atoms with Crippen LogP contribution in [0.3, 0.4) is 0 Å². The number of benzene rings is 2. The van der Waals surface area contributed by atoms with E-state index in [-0.39, 0.29) is 17.2 Å². The average Bonchev–Trinajstić information content (AvgIpc) is 2.73. The summed E-state index contributed by atoms with van der Waals surface area (Å²) in [5, 5.41) is 0. The normalized spacial score (nSPS) is 14.8. The van der Waals surface area contributed by atoms with E-state index in [9.17, 15) is 9.59 Å². The van der Waals surface area contributed by atoms with Crippen molar-refractivity contribution in [2.75, 3.05) is 26.2 Å². The third kappa shape index (κ3) is 5.22. The predicted octanol–water partition coefficient (Wildman–Crippen LogP) is 3.66. The van der Waals surface area contributed by atoms with E-state index in [1.165, 1.54) is 11.1 Å². The maximum absolute atomic E-state index is 12.8. The standard InChI is InChI=1S/C24H30N2O2/c1-24(2,21-11-7-4-8-12-21)19-23(28)26-17-15-25(16-18-26)22(27)14-13-20-9-5-3-6-10-20/h3-12H,13-19H2,1-2H3. The van der Waals surface area contributed by atoms with Crippen molar-refractivity contribution in [3.63, 3.8) is 0 Å². The fourth-order valence-corrected chi connectivity index (χ4v) is 3.74. The first-order chi connectivity index (χ1) is 13.5. The first kappa shape index (κ1) is 20.1. The maximum Gasteiger partial charge on any atom is 0.223 e. The van der Waals surface area contributed by atoms with E-state index in [0.29, 0.717) is 39.0 Å². The van der Waals surface area contributed by atoms with Gasteiger partial charge in [-0.3, -0.25) is 9.59 Å². The lowest BCUT2D eigenvalue weighted by Gasteiger charge is -2.36. The quantitative estimate of drug-likeness (QED) is 0.770. The van der Waals surface area contributed by atoms with Crippen molar-refractivity contribution in [2.24, 2.45) is 0 Å². The predicted molar refractivity (Wildman–Crippen MR) is 112 cm³/mol. The third-order valence-corrected chi connectivity index (χ3v) is 5.60. The first-order valence-electron chi connectivity index (χ1n) is 10.1. The minimum absolute atomic E-state index is 0.172. The van der Waals surface area contributed by atoms with Crippen molar-refractivity contribution >= 4 is 11.8 Å². The van der Waals surface area contributed by atoms with Crippen molar-refractivity contribution in [3.8, 4) is 0 Å². The molecule has 148 valence electrons. The molecule has 2 aromatic carbocycles. The summed E-state index contributed by atoms with van der Waals surface area (Å²) in [4.78, 5) is 29.1. The minimum atomic E-state index is -0.193. The second kappa shape index (κ2) is 9.05. The Bertz CT molecular complexity index is 779. The molecule has 0 bridgehead atoms. The van der Waals surface area contributed by atoms with Crippen molar-refractivity contribution < 1.29 is 9.59 Å². The summed E-state index contributed by atoms with van der Waals surface area (Å²) in [6.07, 6.45) is 1.78. The number of carbonyl (C=O) groups excluding carboxylic acids is 2. The monoisotopic (exact) mass is 378 g/mol. The van der Waals surface area contributed by atoms with Crippen LogP contribution in [0.1, 0.15) is 37.8 Å². The second-order valence-electron chi connectivity index (χ2n) is 8.17. The van der Waals surface area contributed by atoms with Gasteiger partial charge in [-0.2, -0.15) is 0 Å². The molecule has 28 heavy (non-hydrogen) atoms. The maximum atomic E-state index is 12.8. The van der Waals surface area contributed by atoms with E-state index >= 15 is 0 Å². The summed E-state index contributed by atoms with van der Waals surface area (Å²) in [5.41, 5.74) is 2.17. The molecule has 1 heterocycles. The average molecular weight is 379 g/mol. The molecule has 3 rings (SSSR count). The third-order valence-electron chi connectivity index (χ3n) is 5.60. The largest absolute Gasteiger partial charge is 0.339 e. The number of hydrogen-bond acceptors (Lipinski definition) is 2. The lowest BCUT2D eigenvalue weighted by Crippen LogP contribution is -2.51. The van der Waals surface area contributed by atoms with E-state index in [0.717, 1.165) is 6.42 Å². The summed E-state index contributed by atoms with van der Waals surface area (Å²) in [5.74, 6) is 0.353. The zero-order chi connectivity index (χ0) is 20.0. The number of nitrogens with zero attached hydrogens (tertiary/aromatic N) is 2. The van der Waals surface area contributed by atoms with E-state index in [4.69, 9.17) is 0 Å². The molecule has 1 fully saturated rings. The number of hydrogen-bond donors (Lipinski definition) is 0. The van der Waals surface area contributed by atoms with Gasteiger partial charge in [0.05, 0.1) is 0 Å².